The zero-order valence-electron chi connectivity index (χ0n) is 29.7. The Bertz CT molecular complexity index is 1520. The summed E-state index contributed by atoms with van der Waals surface area (Å²) in [6.07, 6.45) is 10.7. The van der Waals surface area contributed by atoms with Crippen LogP contribution in [-0.4, -0.2) is 37.7 Å². The number of carbonyl (C=O) groups is 4. The minimum atomic E-state index is -0.820. The van der Waals surface area contributed by atoms with Crippen molar-refractivity contribution in [2.75, 3.05) is 13.7 Å². The zero-order valence-corrected chi connectivity index (χ0v) is 29.7. The molecule has 4 aliphatic carbocycles. The maximum Gasteiger partial charge on any atom is 0.331 e. The van der Waals surface area contributed by atoms with E-state index in [-0.39, 0.29) is 58.8 Å². The summed E-state index contributed by atoms with van der Waals surface area (Å²) in [7, 11) is 1.47. The molecule has 0 saturated heterocycles. The molecular formula is C41H53NO6. The third-order valence-electron chi connectivity index (χ3n) is 14.5. The summed E-state index contributed by atoms with van der Waals surface area (Å²) in [5.74, 6) is -0.614. The highest BCUT2D eigenvalue weighted by Gasteiger charge is 2.71. The Labute approximate surface area is 286 Å². The number of ether oxygens (including phenoxy) is 2. The number of hydrogen-bond donors (Lipinski definition) is 0. The number of nitriles is 1. The maximum absolute atomic E-state index is 13.9. The number of nitrogens with zero attached hydrogens (tertiary/aromatic N) is 1. The van der Waals surface area contributed by atoms with Gasteiger partial charge >= 0.3 is 11.9 Å². The highest BCUT2D eigenvalue weighted by molar-refractivity contribution is 5.91. The number of methoxy groups -OCH3 is 1. The van der Waals surface area contributed by atoms with Crippen LogP contribution in [0.15, 0.2) is 48.6 Å². The van der Waals surface area contributed by atoms with Crippen molar-refractivity contribution < 1.29 is 28.7 Å². The first-order valence-corrected chi connectivity index (χ1v) is 17.7. The molecule has 0 N–H and O–H groups in total. The molecule has 1 aromatic rings. The first kappa shape index (κ1) is 35.8. The average molecular weight is 656 g/mol. The largest absolute Gasteiger partial charge is 0.469 e. The van der Waals surface area contributed by atoms with Gasteiger partial charge in [0.15, 0.2) is 12.4 Å². The molecule has 4 aliphatic rings. The normalized spacial score (nSPS) is 37.3. The van der Waals surface area contributed by atoms with E-state index in [0.29, 0.717) is 18.4 Å². The molecule has 0 heterocycles. The molecule has 7 nitrogen and oxygen atoms in total. The molecule has 7 heteroatoms. The van der Waals surface area contributed by atoms with Gasteiger partial charge in [0, 0.05) is 17.9 Å². The fourth-order valence-corrected chi connectivity index (χ4v) is 11.9. The van der Waals surface area contributed by atoms with Crippen molar-refractivity contribution in [3.63, 3.8) is 0 Å². The van der Waals surface area contributed by atoms with Crippen LogP contribution in [0.2, 0.25) is 0 Å². The number of rotatable bonds is 10. The fourth-order valence-electron chi connectivity index (χ4n) is 11.9. The molecular weight excluding hydrogens is 602 g/mol. The molecule has 258 valence electrons. The van der Waals surface area contributed by atoms with Crippen molar-refractivity contribution in [2.45, 2.75) is 92.4 Å². The molecule has 9 atom stereocenters. The minimum absolute atomic E-state index is 0.0113. The predicted molar refractivity (Wildman–Crippen MR) is 184 cm³/mol. The molecule has 5 rings (SSSR count). The van der Waals surface area contributed by atoms with Gasteiger partial charge in [-0.3, -0.25) is 14.4 Å². The molecule has 0 radical (unpaired) electrons. The van der Waals surface area contributed by atoms with E-state index in [1.165, 1.54) is 13.2 Å². The van der Waals surface area contributed by atoms with E-state index >= 15 is 0 Å². The topological polar surface area (TPSA) is 111 Å². The Morgan fingerprint density at radius 2 is 1.71 bits per heavy atom. The van der Waals surface area contributed by atoms with E-state index in [4.69, 9.17) is 9.47 Å². The summed E-state index contributed by atoms with van der Waals surface area (Å²) < 4.78 is 10.9. The van der Waals surface area contributed by atoms with E-state index < -0.39 is 22.2 Å². The molecule has 4 saturated carbocycles. The van der Waals surface area contributed by atoms with E-state index in [0.717, 1.165) is 56.8 Å². The first-order valence-electron chi connectivity index (χ1n) is 17.7. The summed E-state index contributed by atoms with van der Waals surface area (Å²) in [5.41, 5.74) is -0.716. The number of carbonyl (C=O) groups excluding carboxylic acids is 4. The smallest absolute Gasteiger partial charge is 0.331 e. The lowest BCUT2D eigenvalue weighted by Crippen LogP contribution is -2.66. The summed E-state index contributed by atoms with van der Waals surface area (Å²) >= 11 is 0. The third kappa shape index (κ3) is 5.48. The number of allylic oxidation sites excluding steroid dienone is 1. The zero-order chi connectivity index (χ0) is 35.1. The van der Waals surface area contributed by atoms with Crippen LogP contribution in [0.25, 0.3) is 6.08 Å². The highest BCUT2D eigenvalue weighted by atomic mass is 16.5. The lowest BCUT2D eigenvalue weighted by molar-refractivity contribution is -0.229. The molecule has 0 bridgehead atoms. The van der Waals surface area contributed by atoms with Gasteiger partial charge in [0.05, 0.1) is 18.6 Å². The Balaban J connectivity index is 1.41. The van der Waals surface area contributed by atoms with Crippen LogP contribution < -0.4 is 0 Å². The summed E-state index contributed by atoms with van der Waals surface area (Å²) in [4.78, 5) is 52.0. The van der Waals surface area contributed by atoms with Crippen LogP contribution in [0, 0.1) is 68.0 Å². The van der Waals surface area contributed by atoms with E-state index in [1.807, 2.05) is 44.2 Å². The van der Waals surface area contributed by atoms with Crippen molar-refractivity contribution in [1.29, 1.82) is 5.26 Å². The van der Waals surface area contributed by atoms with Gasteiger partial charge < -0.3 is 9.47 Å². The van der Waals surface area contributed by atoms with Crippen molar-refractivity contribution in [3.05, 3.63) is 54.1 Å². The quantitative estimate of drug-likeness (QED) is 0.143. The molecule has 0 amide bonds. The van der Waals surface area contributed by atoms with E-state index in [9.17, 15) is 24.4 Å². The lowest BCUT2D eigenvalue weighted by atomic mass is 9.33. The van der Waals surface area contributed by atoms with Crippen LogP contribution in [0.5, 0.6) is 0 Å². The van der Waals surface area contributed by atoms with Gasteiger partial charge in [-0.2, -0.15) is 5.26 Å². The molecule has 1 aromatic carbocycles. The van der Waals surface area contributed by atoms with Gasteiger partial charge in [0.1, 0.15) is 6.29 Å². The number of hydrogen-bond acceptors (Lipinski definition) is 7. The second-order valence-corrected chi connectivity index (χ2v) is 16.5. The first-order chi connectivity index (χ1) is 22.7. The standard InChI is InChI=1S/C41H53NO6/c1-27(25-43)29-17-20-41(36(46)47-7)22-21-39(5)30(35(29)41)14-15-32-38(4,23-24-42)31(18-19-40(32,39)6)37(2,3)33(44)26-48-34(45)16-13-28-11-9-8-10-12-28/h8-13,16,25,29-32,35H,1,14-15,17-23,26H2,2-7H3/b16-13+/t29-,30+,31-,32+,35+,38-,39+,40+,41-/m0/s1. The number of esters is 2. The van der Waals surface area contributed by atoms with Gasteiger partial charge in [-0.15, -0.1) is 0 Å². The van der Waals surface area contributed by atoms with E-state index in [2.05, 4.69) is 33.4 Å². The van der Waals surface area contributed by atoms with E-state index in [1.54, 1.807) is 6.08 Å². The third-order valence-corrected chi connectivity index (χ3v) is 14.5. The molecule has 0 spiro atoms. The Kier molecular flexibility index (Phi) is 9.74. The summed E-state index contributed by atoms with van der Waals surface area (Å²) in [6.45, 7) is 14.8. The number of fused-ring (bicyclic) bond motifs is 5. The van der Waals surface area contributed by atoms with Gasteiger partial charge in [0.25, 0.3) is 0 Å². The Morgan fingerprint density at radius 3 is 2.35 bits per heavy atom. The van der Waals surface area contributed by atoms with Gasteiger partial charge in [-0.25, -0.2) is 4.79 Å². The molecule has 48 heavy (non-hydrogen) atoms. The van der Waals surface area contributed by atoms with Gasteiger partial charge in [-0.05, 0) is 114 Å². The Morgan fingerprint density at radius 1 is 1.00 bits per heavy atom. The second kappa shape index (κ2) is 13.1. The number of ketones is 1. The number of aldehydes is 1. The predicted octanol–water partition coefficient (Wildman–Crippen LogP) is 7.94. The molecule has 0 unspecified atom stereocenters. The summed E-state index contributed by atoms with van der Waals surface area (Å²) in [6, 6.07) is 12.0. The number of benzene rings is 1. The van der Waals surface area contributed by atoms with Crippen molar-refractivity contribution in [3.8, 4) is 6.07 Å². The van der Waals surface area contributed by atoms with Crippen LogP contribution in [0.3, 0.4) is 0 Å². The second-order valence-electron chi connectivity index (χ2n) is 16.5. The van der Waals surface area contributed by atoms with Crippen LogP contribution in [-0.2, 0) is 28.7 Å². The lowest BCUT2D eigenvalue weighted by Gasteiger charge is -2.71. The minimum Gasteiger partial charge on any atom is -0.469 e. The SMILES string of the molecule is C=C(C=O)[C@@H]1CC[C@]2(C(=O)OC)CC[C@]3(C)[C@H](CC[C@@H]4[C@@](C)(CC#N)[C@H](C(C)(C)C(=O)COC(=O)/C=C/c5ccccc5)CC[C@]43C)[C@@H]12. The van der Waals surface area contributed by atoms with Crippen molar-refractivity contribution >= 4 is 30.1 Å². The molecule has 4 fully saturated rings. The highest BCUT2D eigenvalue weighted by Crippen LogP contribution is 2.76. The maximum atomic E-state index is 13.9. The van der Waals surface area contributed by atoms with Gasteiger partial charge in [0.2, 0.25) is 0 Å². The van der Waals surface area contributed by atoms with Crippen LogP contribution >= 0.6 is 0 Å². The fraction of sp³-hybridized carbons (Fsp3) is 0.634. The average Bonchev–Trinajstić information content (AvgIpc) is 3.47. The van der Waals surface area contributed by atoms with Crippen molar-refractivity contribution in [1.82, 2.24) is 0 Å². The van der Waals surface area contributed by atoms with Crippen LogP contribution in [0.4, 0.5) is 0 Å². The Hall–Kier alpha value is -3.53. The summed E-state index contributed by atoms with van der Waals surface area (Å²) in [5, 5.41) is 10.3. The molecule has 0 aromatic heterocycles. The molecule has 0 aliphatic heterocycles. The van der Waals surface area contributed by atoms with Crippen LogP contribution in [0.1, 0.15) is 98.0 Å². The monoisotopic (exact) mass is 655 g/mol. The number of Topliss-reactive ketones (excluding diaryl/α,β-unsaturated/α-hetero) is 1. The van der Waals surface area contributed by atoms with Crippen molar-refractivity contribution in [2.24, 2.45) is 56.7 Å². The van der Waals surface area contributed by atoms with Gasteiger partial charge in [-0.1, -0.05) is 71.5 Å².